The zero-order valence-corrected chi connectivity index (χ0v) is 43.9. The molecule has 0 unspecified atom stereocenters. The van der Waals surface area contributed by atoms with Crippen LogP contribution >= 0.6 is 212 Å². The molecule has 1 radical (unpaired) electrons. The van der Waals surface area contributed by atoms with Crippen LogP contribution in [0.3, 0.4) is 0 Å². The zero-order chi connectivity index (χ0) is 40.1. The van der Waals surface area contributed by atoms with Crippen molar-refractivity contribution in [3.8, 4) is 45.6 Å². The van der Waals surface area contributed by atoms with Crippen molar-refractivity contribution in [3.05, 3.63) is 77.1 Å². The predicted octanol–water partition coefficient (Wildman–Crippen LogP) is 17.2. The Kier molecular flexibility index (Phi) is 12.4. The quantitative estimate of drug-likeness (QED) is 0.0840. The number of hydrogen-bond acceptors (Lipinski definition) is 6. The first-order valence-corrected chi connectivity index (χ1v) is 23.1. The van der Waals surface area contributed by atoms with E-state index in [1.165, 1.54) is 0 Å². The Morgan fingerprint density at radius 3 is 1.04 bits per heavy atom. The van der Waals surface area contributed by atoms with Crippen LogP contribution in [0.5, 0.6) is 0 Å². The number of rotatable bonds is 0. The molecule has 0 amide bonds. The van der Waals surface area contributed by atoms with E-state index in [4.69, 9.17) is 156 Å². The molecule has 57 heavy (non-hydrogen) atoms. The molecular weight excluding hydrogens is 1390 g/mol. The van der Waals surface area contributed by atoms with E-state index in [-0.39, 0.29) is 129 Å². The molecule has 0 atom stereocenters. The average Bonchev–Trinajstić information content (AvgIpc) is 3.92. The van der Waals surface area contributed by atoms with Gasteiger partial charge in [0.15, 0.2) is 0 Å². The topological polar surface area (TPSA) is 106 Å². The number of fused-ring (bicyclic) bond motifs is 20. The van der Waals surface area contributed by atoms with Gasteiger partial charge in [-0.2, -0.15) is 0 Å². The van der Waals surface area contributed by atoms with Gasteiger partial charge in [0.2, 0.25) is 0 Å². The number of hydrogen-bond donors (Lipinski definition) is 0. The SMILES string of the molecule is Clc1c(Br)c(Cl)c2c(c1Br)-c1nc-2nc2[n-]c(nc3nc(nc4[n-]c(n1)c1c(Cl)c(Cl)c(Br)c(Cl)c41)-c1c(Br)c(Cl)c(Br)c(Cl)c1-3)c1c(Br)c(Cl)c(Cl)c(Cl)c21.[Cu+2]. The Labute approximate surface area is 429 Å². The van der Waals surface area contributed by atoms with E-state index >= 15 is 0 Å². The maximum absolute atomic E-state index is 6.98. The van der Waals surface area contributed by atoms with Crippen molar-refractivity contribution in [3.63, 3.8) is 0 Å². The zero-order valence-electron chi connectivity index (χ0n) is 25.9. The second kappa shape index (κ2) is 16.0. The summed E-state index contributed by atoms with van der Waals surface area (Å²) in [5.74, 6) is 0.300. The molecule has 0 saturated heterocycles. The van der Waals surface area contributed by atoms with Crippen LogP contribution in [-0.4, -0.2) is 29.9 Å². The van der Waals surface area contributed by atoms with Crippen LogP contribution < -0.4 is 9.97 Å². The Balaban J connectivity index is 0.00000455. The van der Waals surface area contributed by atoms with Gasteiger partial charge in [0, 0.05) is 79.8 Å². The number of halogens is 16. The molecule has 0 saturated carbocycles. The van der Waals surface area contributed by atoms with Gasteiger partial charge < -0.3 is 29.9 Å². The van der Waals surface area contributed by atoms with Gasteiger partial charge >= 0.3 is 17.1 Å². The Hall–Kier alpha value is 0.539. The minimum absolute atomic E-state index is 0. The normalized spacial score (nSPS) is 12.1. The fourth-order valence-electron chi connectivity index (χ4n) is 6.10. The summed E-state index contributed by atoms with van der Waals surface area (Å²) >= 11 is 89.5. The fourth-order valence-corrected chi connectivity index (χ4v) is 12.3. The molecule has 3 aromatic heterocycles. The van der Waals surface area contributed by atoms with Crippen LogP contribution in [0.15, 0.2) is 26.8 Å². The molecule has 2 aliphatic rings. The van der Waals surface area contributed by atoms with E-state index < -0.39 is 0 Å². The Morgan fingerprint density at radius 1 is 0.281 bits per heavy atom. The van der Waals surface area contributed by atoms with Crippen LogP contribution in [0.4, 0.5) is 0 Å². The molecule has 0 aliphatic carbocycles. The van der Waals surface area contributed by atoms with Crippen molar-refractivity contribution in [1.29, 1.82) is 0 Å². The summed E-state index contributed by atoms with van der Waals surface area (Å²) < 4.78 is 2.12. The first kappa shape index (κ1) is 44.2. The summed E-state index contributed by atoms with van der Waals surface area (Å²) in [5, 5.41) is 2.48. The van der Waals surface area contributed by atoms with Gasteiger partial charge in [0.1, 0.15) is 0 Å². The number of nitrogens with zero attached hydrogens (tertiary/aromatic N) is 8. The maximum Gasteiger partial charge on any atom is 2.00 e. The Morgan fingerprint density at radius 2 is 0.596 bits per heavy atom. The predicted molar refractivity (Wildman–Crippen MR) is 250 cm³/mol. The molecule has 2 aliphatic heterocycles. The van der Waals surface area contributed by atoms with E-state index in [0.717, 1.165) is 0 Å². The molecule has 0 N–H and O–H groups in total. The molecule has 7 aromatic rings. The van der Waals surface area contributed by atoms with E-state index in [1.54, 1.807) is 0 Å². The van der Waals surface area contributed by atoms with Crippen LogP contribution in [0.25, 0.3) is 89.7 Å². The summed E-state index contributed by atoms with van der Waals surface area (Å²) in [4.78, 5) is 38.9. The largest absolute Gasteiger partial charge is 2.00 e. The smallest absolute Gasteiger partial charge is 0.357 e. The average molecular weight is 1390 g/mol. The van der Waals surface area contributed by atoms with Gasteiger partial charge in [-0.15, -0.1) is 0 Å². The summed E-state index contributed by atoms with van der Waals surface area (Å²) in [6, 6.07) is 0. The molecule has 8 nitrogen and oxygen atoms in total. The monoisotopic (exact) mass is 1380 g/mol. The maximum atomic E-state index is 6.98. The molecule has 5 heterocycles. The molecule has 9 rings (SSSR count). The molecule has 0 fully saturated rings. The van der Waals surface area contributed by atoms with Crippen molar-refractivity contribution in [2.24, 2.45) is 0 Å². The van der Waals surface area contributed by atoms with Gasteiger partial charge in [-0.1, -0.05) is 116 Å². The summed E-state index contributed by atoms with van der Waals surface area (Å²) in [6.45, 7) is 0. The minimum atomic E-state index is 0. The third kappa shape index (κ3) is 6.53. The van der Waals surface area contributed by atoms with Crippen LogP contribution in [0.1, 0.15) is 0 Å². The van der Waals surface area contributed by atoms with Gasteiger partial charge in [0.05, 0.1) is 86.9 Å². The van der Waals surface area contributed by atoms with Crippen molar-refractivity contribution in [2.75, 3.05) is 0 Å². The number of aromatic nitrogens is 8. The first-order valence-electron chi connectivity index (χ1n) is 14.6. The van der Waals surface area contributed by atoms with Gasteiger partial charge in [-0.05, 0) is 95.6 Å². The van der Waals surface area contributed by atoms with E-state index in [0.29, 0.717) is 54.5 Å². The fraction of sp³-hybridized carbons (Fsp3) is 0. The minimum Gasteiger partial charge on any atom is -0.357 e. The third-order valence-electron chi connectivity index (χ3n) is 8.55. The third-order valence-corrected chi connectivity index (χ3v) is 19.4. The summed E-state index contributed by atoms with van der Waals surface area (Å²) in [7, 11) is 0. The second-order valence-electron chi connectivity index (χ2n) is 11.5. The molecular formula is C32Br6Cl10CuN8. The van der Waals surface area contributed by atoms with Crippen molar-refractivity contribution < 1.29 is 17.1 Å². The van der Waals surface area contributed by atoms with Crippen molar-refractivity contribution in [1.82, 2.24) is 39.9 Å². The molecule has 4 aromatic carbocycles. The van der Waals surface area contributed by atoms with Crippen LogP contribution in [0.2, 0.25) is 50.2 Å². The summed E-state index contributed by atoms with van der Waals surface area (Å²) in [6.07, 6.45) is 0. The molecule has 25 heteroatoms. The van der Waals surface area contributed by atoms with Crippen molar-refractivity contribution >= 4 is 256 Å². The molecule has 291 valence electrons. The van der Waals surface area contributed by atoms with Crippen LogP contribution in [-0.2, 0) is 17.1 Å². The van der Waals surface area contributed by atoms with E-state index in [1.807, 2.05) is 0 Å². The number of benzene rings is 4. The molecule has 0 spiro atoms. The van der Waals surface area contributed by atoms with E-state index in [2.05, 4.69) is 95.6 Å². The van der Waals surface area contributed by atoms with Gasteiger partial charge in [-0.3, -0.25) is 0 Å². The van der Waals surface area contributed by atoms with Crippen LogP contribution in [0, 0.1) is 0 Å². The van der Waals surface area contributed by atoms with Gasteiger partial charge in [-0.25, -0.2) is 9.97 Å². The first-order chi connectivity index (χ1) is 26.4. The van der Waals surface area contributed by atoms with Gasteiger partial charge in [0.25, 0.3) is 0 Å². The standard InChI is InChI=1S/C32Br6Cl10N8.Cu/c33-9-1-4(15(39)12(36)20(9)44)28-49-25(1)53-31-7-8(18(42)23(47)14(38)17(7)41)32(56-31)54-26-2-5(16(40)13(37)21(45)10(2)34)29(50-26)55-30-6-3(27(51-28)52-30)11(35)22(46)24(48)19(6)43;/q-2;+2. The molecule has 8 bridgehead atoms. The van der Waals surface area contributed by atoms with E-state index in [9.17, 15) is 0 Å². The van der Waals surface area contributed by atoms with Crippen molar-refractivity contribution in [2.45, 2.75) is 0 Å². The second-order valence-corrected chi connectivity index (χ2v) is 20.0. The summed E-state index contributed by atoms with van der Waals surface area (Å²) in [5.41, 5.74) is 1.63. The Bertz CT molecular complexity index is 2840.